The van der Waals surface area contributed by atoms with E-state index in [1.165, 1.54) is 0 Å². The van der Waals surface area contributed by atoms with E-state index in [0.717, 1.165) is 0 Å². The molecule has 0 aromatic carbocycles. The van der Waals surface area contributed by atoms with Crippen LogP contribution in [0.15, 0.2) is 0 Å². The van der Waals surface area contributed by atoms with Gasteiger partial charge in [0.05, 0.1) is 0 Å². The van der Waals surface area contributed by atoms with Gasteiger partial charge >= 0.3 is 11.8 Å². The topological polar surface area (TPSA) is 37.3 Å². The molecule has 66 valence electrons. The summed E-state index contributed by atoms with van der Waals surface area (Å²) >= 11 is -2.87. The van der Waals surface area contributed by atoms with Crippen LogP contribution in [-0.2, 0) is 11.1 Å². The molecule has 11 heavy (non-hydrogen) atoms. The summed E-state index contributed by atoms with van der Waals surface area (Å²) in [5.74, 6) is -8.44. The number of hydrogen-bond acceptors (Lipinski definition) is 1. The SMILES string of the molecule is O=S(O)C1CC(F)(F)C1(F)F. The van der Waals surface area contributed by atoms with Crippen molar-refractivity contribution in [2.45, 2.75) is 23.5 Å². The van der Waals surface area contributed by atoms with E-state index in [2.05, 4.69) is 0 Å². The number of rotatable bonds is 1. The van der Waals surface area contributed by atoms with Crippen molar-refractivity contribution in [1.29, 1.82) is 0 Å². The zero-order valence-corrected chi connectivity index (χ0v) is 5.88. The smallest absolute Gasteiger partial charge is 0.306 e. The van der Waals surface area contributed by atoms with E-state index in [0.29, 0.717) is 0 Å². The molecule has 0 bridgehead atoms. The van der Waals surface area contributed by atoms with Gasteiger partial charge in [-0.3, -0.25) is 0 Å². The van der Waals surface area contributed by atoms with Crippen LogP contribution in [0.1, 0.15) is 6.42 Å². The Bertz CT molecular complexity index is 204. The predicted molar refractivity (Wildman–Crippen MR) is 29.1 cm³/mol. The van der Waals surface area contributed by atoms with Crippen LogP contribution in [0, 0.1) is 0 Å². The van der Waals surface area contributed by atoms with Crippen molar-refractivity contribution in [2.24, 2.45) is 0 Å². The van der Waals surface area contributed by atoms with Crippen LogP contribution >= 0.6 is 0 Å². The van der Waals surface area contributed by atoms with Gasteiger partial charge in [0.1, 0.15) is 5.25 Å². The second kappa shape index (κ2) is 2.16. The lowest BCUT2D eigenvalue weighted by Crippen LogP contribution is -2.63. The normalized spacial score (nSPS) is 35.9. The van der Waals surface area contributed by atoms with Crippen molar-refractivity contribution >= 4 is 11.1 Å². The molecule has 2 nitrogen and oxygen atoms in total. The molecule has 2 unspecified atom stereocenters. The van der Waals surface area contributed by atoms with E-state index in [-0.39, 0.29) is 0 Å². The Morgan fingerprint density at radius 3 is 1.91 bits per heavy atom. The first-order valence-electron chi connectivity index (χ1n) is 2.64. The maximum atomic E-state index is 12.1. The third kappa shape index (κ3) is 1.06. The highest BCUT2D eigenvalue weighted by molar-refractivity contribution is 7.80. The van der Waals surface area contributed by atoms with Gasteiger partial charge < -0.3 is 4.55 Å². The molecule has 1 fully saturated rings. The maximum Gasteiger partial charge on any atom is 0.326 e. The van der Waals surface area contributed by atoms with E-state index in [9.17, 15) is 21.8 Å². The minimum Gasteiger partial charge on any atom is -0.306 e. The molecule has 7 heteroatoms. The van der Waals surface area contributed by atoms with Crippen molar-refractivity contribution in [1.82, 2.24) is 0 Å². The number of halogens is 4. The minimum atomic E-state index is -4.33. The summed E-state index contributed by atoms with van der Waals surface area (Å²) in [5.41, 5.74) is 0. The summed E-state index contributed by atoms with van der Waals surface area (Å²) in [7, 11) is 0. The Hall–Kier alpha value is -0.170. The van der Waals surface area contributed by atoms with Gasteiger partial charge in [0.2, 0.25) is 0 Å². The molecule has 1 saturated carbocycles. The largest absolute Gasteiger partial charge is 0.326 e. The Morgan fingerprint density at radius 2 is 1.82 bits per heavy atom. The molecule has 0 aromatic heterocycles. The second-order valence-corrected chi connectivity index (χ2v) is 3.42. The average molecular weight is 192 g/mol. The molecule has 0 aromatic rings. The predicted octanol–water partition coefficient (Wildman–Crippen LogP) is 1.25. The monoisotopic (exact) mass is 192 g/mol. The van der Waals surface area contributed by atoms with Crippen molar-refractivity contribution in [3.05, 3.63) is 0 Å². The quantitative estimate of drug-likeness (QED) is 0.501. The summed E-state index contributed by atoms with van der Waals surface area (Å²) in [6, 6.07) is 0. The fourth-order valence-electron chi connectivity index (χ4n) is 0.799. The van der Waals surface area contributed by atoms with E-state index < -0.39 is 34.6 Å². The van der Waals surface area contributed by atoms with Crippen LogP contribution < -0.4 is 0 Å². The summed E-state index contributed by atoms with van der Waals surface area (Å²) in [5, 5.41) is -2.11. The van der Waals surface area contributed by atoms with Gasteiger partial charge in [-0.15, -0.1) is 0 Å². The van der Waals surface area contributed by atoms with Gasteiger partial charge in [0, 0.05) is 6.42 Å². The van der Waals surface area contributed by atoms with Crippen LogP contribution in [-0.4, -0.2) is 25.9 Å². The van der Waals surface area contributed by atoms with Gasteiger partial charge in [-0.05, 0) is 0 Å². The van der Waals surface area contributed by atoms with Gasteiger partial charge in [0.25, 0.3) is 0 Å². The standard InChI is InChI=1S/C4H4F4O2S/c5-3(6)1-2(11(9)10)4(3,7)8/h2H,1H2,(H,9,10). The average Bonchev–Trinajstić information content (AvgIpc) is 1.82. The molecule has 2 atom stereocenters. The molecular weight excluding hydrogens is 188 g/mol. The third-order valence-electron chi connectivity index (χ3n) is 1.58. The summed E-state index contributed by atoms with van der Waals surface area (Å²) in [6.45, 7) is 0. The number of alkyl halides is 4. The summed E-state index contributed by atoms with van der Waals surface area (Å²) in [6.07, 6.45) is -1.22. The molecule has 0 heterocycles. The van der Waals surface area contributed by atoms with E-state index in [4.69, 9.17) is 4.55 Å². The summed E-state index contributed by atoms with van der Waals surface area (Å²) < 4.78 is 66.2. The molecule has 0 spiro atoms. The lowest BCUT2D eigenvalue weighted by molar-refractivity contribution is -0.270. The molecule has 1 rings (SSSR count). The maximum absolute atomic E-state index is 12.1. The Kier molecular flexibility index (Phi) is 1.75. The highest BCUT2D eigenvalue weighted by Crippen LogP contribution is 2.52. The fraction of sp³-hybridized carbons (Fsp3) is 1.00. The zero-order chi connectivity index (χ0) is 8.86. The number of hydrogen-bond donors (Lipinski definition) is 1. The van der Waals surface area contributed by atoms with Gasteiger partial charge in [-0.2, -0.15) is 17.6 Å². The Labute approximate surface area is 61.9 Å². The van der Waals surface area contributed by atoms with Crippen LogP contribution in [0.25, 0.3) is 0 Å². The van der Waals surface area contributed by atoms with E-state index in [1.54, 1.807) is 0 Å². The first-order valence-corrected chi connectivity index (χ1v) is 3.81. The fourth-order valence-corrected chi connectivity index (χ4v) is 1.58. The second-order valence-electron chi connectivity index (χ2n) is 2.30. The van der Waals surface area contributed by atoms with Crippen LogP contribution in [0.2, 0.25) is 0 Å². The molecular formula is C4H4F4O2S. The Morgan fingerprint density at radius 1 is 1.36 bits per heavy atom. The molecule has 0 radical (unpaired) electrons. The van der Waals surface area contributed by atoms with Gasteiger partial charge in [-0.1, -0.05) is 0 Å². The van der Waals surface area contributed by atoms with Crippen molar-refractivity contribution in [3.63, 3.8) is 0 Å². The van der Waals surface area contributed by atoms with Gasteiger partial charge in [-0.25, -0.2) is 4.21 Å². The van der Waals surface area contributed by atoms with Gasteiger partial charge in [0.15, 0.2) is 11.1 Å². The summed E-state index contributed by atoms with van der Waals surface area (Å²) in [4.78, 5) is 0. The van der Waals surface area contributed by atoms with E-state index >= 15 is 0 Å². The lowest BCUT2D eigenvalue weighted by Gasteiger charge is -2.41. The molecule has 0 saturated heterocycles. The zero-order valence-electron chi connectivity index (χ0n) is 5.06. The molecule has 1 N–H and O–H groups in total. The van der Waals surface area contributed by atoms with Crippen LogP contribution in [0.5, 0.6) is 0 Å². The lowest BCUT2D eigenvalue weighted by atomic mass is 9.89. The first-order chi connectivity index (χ1) is 4.79. The van der Waals surface area contributed by atoms with Crippen molar-refractivity contribution < 1.29 is 26.3 Å². The molecule has 1 aliphatic rings. The Balaban J connectivity index is 2.77. The molecule has 0 amide bonds. The highest BCUT2D eigenvalue weighted by atomic mass is 32.2. The van der Waals surface area contributed by atoms with Crippen LogP contribution in [0.4, 0.5) is 17.6 Å². The molecule has 0 aliphatic heterocycles. The third-order valence-corrected chi connectivity index (χ3v) is 2.53. The first kappa shape index (κ1) is 8.92. The van der Waals surface area contributed by atoms with Crippen molar-refractivity contribution in [2.75, 3.05) is 0 Å². The minimum absolute atomic E-state index is 1.22. The molecule has 1 aliphatic carbocycles. The highest BCUT2D eigenvalue weighted by Gasteiger charge is 2.74. The van der Waals surface area contributed by atoms with Crippen molar-refractivity contribution in [3.8, 4) is 0 Å². The van der Waals surface area contributed by atoms with Crippen LogP contribution in [0.3, 0.4) is 0 Å². The van der Waals surface area contributed by atoms with E-state index in [1.807, 2.05) is 0 Å².